The number of benzene rings is 1. The van der Waals surface area contributed by atoms with E-state index in [0.717, 1.165) is 5.56 Å². The van der Waals surface area contributed by atoms with Gasteiger partial charge in [0, 0.05) is 23.6 Å². The van der Waals surface area contributed by atoms with Crippen molar-refractivity contribution < 1.29 is 19.5 Å². The summed E-state index contributed by atoms with van der Waals surface area (Å²) in [7, 11) is 0. The number of nitrogens with one attached hydrogen (secondary N) is 2. The lowest BCUT2D eigenvalue weighted by Gasteiger charge is -2.24. The highest BCUT2D eigenvalue weighted by atomic mass is 32.1. The molecule has 0 bridgehead atoms. The van der Waals surface area contributed by atoms with Crippen molar-refractivity contribution in [1.82, 2.24) is 10.3 Å². The van der Waals surface area contributed by atoms with Gasteiger partial charge in [0.05, 0.1) is 0 Å². The topological polar surface area (TPSA) is 108 Å². The predicted octanol–water partition coefficient (Wildman–Crippen LogP) is 2.18. The van der Waals surface area contributed by atoms with E-state index < -0.39 is 17.4 Å². The van der Waals surface area contributed by atoms with Gasteiger partial charge in [-0.25, -0.2) is 9.78 Å². The van der Waals surface area contributed by atoms with Crippen LogP contribution in [-0.4, -0.2) is 33.4 Å². The molecule has 1 heterocycles. The van der Waals surface area contributed by atoms with Gasteiger partial charge >= 0.3 is 5.97 Å². The summed E-state index contributed by atoms with van der Waals surface area (Å²) < 4.78 is 0. The monoisotopic (exact) mass is 346 g/mol. The molecule has 0 atom stereocenters. The smallest absolute Gasteiger partial charge is 0.355 e. The maximum atomic E-state index is 12.2. The summed E-state index contributed by atoms with van der Waals surface area (Å²) in [5.41, 5.74) is 0.197. The van der Waals surface area contributed by atoms with Crippen molar-refractivity contribution in [1.29, 1.82) is 0 Å². The molecular weight excluding hydrogens is 330 g/mol. The minimum Gasteiger partial charge on any atom is -0.476 e. The van der Waals surface area contributed by atoms with Gasteiger partial charge in [-0.3, -0.25) is 9.59 Å². The molecule has 24 heavy (non-hydrogen) atoms. The van der Waals surface area contributed by atoms with Gasteiger partial charge in [-0.05, 0) is 38.1 Å². The number of aromatic carboxylic acids is 1. The lowest BCUT2D eigenvalue weighted by Crippen LogP contribution is -2.51. The number of carbonyl (C=O) groups is 3. The number of anilines is 1. The summed E-state index contributed by atoms with van der Waals surface area (Å²) >= 11 is 1.23. The van der Waals surface area contributed by atoms with Gasteiger partial charge < -0.3 is 15.7 Å². The Morgan fingerprint density at radius 2 is 1.83 bits per heavy atom. The van der Waals surface area contributed by atoms with E-state index in [1.807, 2.05) is 0 Å². The van der Waals surface area contributed by atoms with E-state index in [4.69, 9.17) is 5.11 Å². The summed E-state index contributed by atoms with van der Waals surface area (Å²) in [4.78, 5) is 38.1. The highest BCUT2D eigenvalue weighted by Crippen LogP contribution is 2.25. The number of aromatic nitrogens is 1. The van der Waals surface area contributed by atoms with E-state index in [1.54, 1.807) is 38.1 Å². The minimum absolute atomic E-state index is 0.00181. The van der Waals surface area contributed by atoms with Crippen LogP contribution in [0.5, 0.6) is 0 Å². The maximum absolute atomic E-state index is 12.2. The van der Waals surface area contributed by atoms with Crippen LogP contribution < -0.4 is 10.6 Å². The number of hydrogen-bond acceptors (Lipinski definition) is 5. The SMILES string of the molecule is [CH2]C(=O)NC(C)(C)C(=O)Nc1ccc(-c2nc(C(=O)O)cs2)cc1. The van der Waals surface area contributed by atoms with Crippen LogP contribution in [0.1, 0.15) is 24.3 Å². The number of hydrogen-bond donors (Lipinski definition) is 3. The number of rotatable bonds is 5. The average Bonchev–Trinajstić information content (AvgIpc) is 2.96. The summed E-state index contributed by atoms with van der Waals surface area (Å²) in [5.74, 6) is -1.99. The third kappa shape index (κ3) is 4.17. The zero-order chi connectivity index (χ0) is 17.9. The second-order valence-electron chi connectivity index (χ2n) is 5.55. The first kappa shape index (κ1) is 17.6. The van der Waals surface area contributed by atoms with Gasteiger partial charge in [-0.2, -0.15) is 0 Å². The Balaban J connectivity index is 2.10. The quantitative estimate of drug-likeness (QED) is 0.769. The molecule has 2 rings (SSSR count). The molecule has 0 saturated carbocycles. The van der Waals surface area contributed by atoms with Crippen LogP contribution in [-0.2, 0) is 9.59 Å². The molecule has 125 valence electrons. The van der Waals surface area contributed by atoms with Crippen molar-refractivity contribution in [2.75, 3.05) is 5.32 Å². The standard InChI is InChI=1S/C16H16N3O4S/c1-9(20)19-16(2,3)15(23)17-11-6-4-10(5-7-11)13-18-12(8-24-13)14(21)22/h4-8H,1H2,2-3H3,(H,17,23)(H,19,20)(H,21,22). The second kappa shape index (κ2) is 6.79. The number of thiazole rings is 1. The lowest BCUT2D eigenvalue weighted by atomic mass is 10.0. The fraction of sp³-hybridized carbons (Fsp3) is 0.188. The predicted molar refractivity (Wildman–Crippen MR) is 90.7 cm³/mol. The largest absolute Gasteiger partial charge is 0.476 e. The zero-order valence-corrected chi connectivity index (χ0v) is 13.9. The Hall–Kier alpha value is -2.74. The van der Waals surface area contributed by atoms with Crippen molar-refractivity contribution in [2.45, 2.75) is 19.4 Å². The Morgan fingerprint density at radius 1 is 1.21 bits per heavy atom. The van der Waals surface area contributed by atoms with Crippen LogP contribution in [0.15, 0.2) is 29.6 Å². The van der Waals surface area contributed by atoms with Crippen LogP contribution in [0.4, 0.5) is 5.69 Å². The van der Waals surface area contributed by atoms with Gasteiger partial charge in [0.25, 0.3) is 0 Å². The normalized spacial score (nSPS) is 11.0. The molecule has 1 aromatic heterocycles. The van der Waals surface area contributed by atoms with E-state index in [9.17, 15) is 14.4 Å². The molecule has 0 saturated heterocycles. The van der Waals surface area contributed by atoms with E-state index in [1.165, 1.54) is 16.7 Å². The molecular formula is C16H16N3O4S. The van der Waals surface area contributed by atoms with E-state index in [2.05, 4.69) is 22.5 Å². The molecule has 2 aromatic rings. The number of carboxylic acids is 1. The molecule has 0 spiro atoms. The fourth-order valence-electron chi connectivity index (χ4n) is 1.89. The van der Waals surface area contributed by atoms with Gasteiger partial charge in [0.2, 0.25) is 11.8 Å². The third-order valence-corrected chi connectivity index (χ3v) is 4.02. The molecule has 0 aliphatic heterocycles. The third-order valence-electron chi connectivity index (χ3n) is 3.13. The number of carbonyl (C=O) groups excluding carboxylic acids is 2. The van der Waals surface area contributed by atoms with Crippen LogP contribution in [0.3, 0.4) is 0 Å². The fourth-order valence-corrected chi connectivity index (χ4v) is 2.69. The molecule has 8 heteroatoms. The minimum atomic E-state index is -1.09. The Bertz CT molecular complexity index is 781. The van der Waals surface area contributed by atoms with Crippen molar-refractivity contribution in [3.05, 3.63) is 42.3 Å². The molecule has 0 aliphatic rings. The molecule has 3 N–H and O–H groups in total. The van der Waals surface area contributed by atoms with Crippen LogP contribution in [0, 0.1) is 6.92 Å². The molecule has 2 amide bonds. The van der Waals surface area contributed by atoms with Crippen LogP contribution in [0.25, 0.3) is 10.6 Å². The van der Waals surface area contributed by atoms with Gasteiger partial charge in [0.1, 0.15) is 10.5 Å². The van der Waals surface area contributed by atoms with Crippen LogP contribution in [0.2, 0.25) is 0 Å². The van der Waals surface area contributed by atoms with Gasteiger partial charge in [-0.15, -0.1) is 11.3 Å². The Labute approximate surface area is 142 Å². The van der Waals surface area contributed by atoms with Gasteiger partial charge in [-0.1, -0.05) is 0 Å². The number of carboxylic acid groups (broad SMARTS) is 1. The summed E-state index contributed by atoms with van der Waals surface area (Å²) in [5, 5.41) is 16.1. The van der Waals surface area contributed by atoms with E-state index >= 15 is 0 Å². The molecule has 0 fully saturated rings. The van der Waals surface area contributed by atoms with Crippen molar-refractivity contribution in [3.63, 3.8) is 0 Å². The molecule has 7 nitrogen and oxygen atoms in total. The van der Waals surface area contributed by atoms with Gasteiger partial charge in [0.15, 0.2) is 5.69 Å². The summed E-state index contributed by atoms with van der Waals surface area (Å²) in [6.07, 6.45) is 0. The zero-order valence-electron chi connectivity index (χ0n) is 13.1. The number of amides is 2. The highest BCUT2D eigenvalue weighted by Gasteiger charge is 2.28. The molecule has 1 radical (unpaired) electrons. The Morgan fingerprint density at radius 3 is 2.33 bits per heavy atom. The second-order valence-corrected chi connectivity index (χ2v) is 6.41. The summed E-state index contributed by atoms with van der Waals surface area (Å²) in [6.45, 7) is 6.34. The first-order valence-electron chi connectivity index (χ1n) is 6.94. The molecule has 0 unspecified atom stereocenters. The highest BCUT2D eigenvalue weighted by molar-refractivity contribution is 7.13. The van der Waals surface area contributed by atoms with E-state index in [-0.39, 0.29) is 11.6 Å². The molecule has 0 aliphatic carbocycles. The first-order valence-corrected chi connectivity index (χ1v) is 7.82. The van der Waals surface area contributed by atoms with Crippen molar-refractivity contribution in [2.24, 2.45) is 0 Å². The lowest BCUT2D eigenvalue weighted by molar-refractivity contribution is -0.127. The van der Waals surface area contributed by atoms with Crippen molar-refractivity contribution in [3.8, 4) is 10.6 Å². The van der Waals surface area contributed by atoms with Crippen molar-refractivity contribution >= 4 is 34.8 Å². The van der Waals surface area contributed by atoms with E-state index in [0.29, 0.717) is 10.7 Å². The Kier molecular flexibility index (Phi) is 4.99. The first-order chi connectivity index (χ1) is 11.2. The number of nitrogens with zero attached hydrogens (tertiary/aromatic N) is 1. The average molecular weight is 346 g/mol. The van der Waals surface area contributed by atoms with Crippen LogP contribution >= 0.6 is 11.3 Å². The molecule has 1 aromatic carbocycles. The summed E-state index contributed by atoms with van der Waals surface area (Å²) in [6, 6.07) is 6.81. The maximum Gasteiger partial charge on any atom is 0.355 e.